The Bertz CT molecular complexity index is 502. The van der Waals surface area contributed by atoms with Crippen molar-refractivity contribution in [3.63, 3.8) is 0 Å². The number of hydrogen-bond acceptors (Lipinski definition) is 4. The number of carbonyl (C=O) groups is 1. The van der Waals surface area contributed by atoms with E-state index in [1.165, 1.54) is 0 Å². The van der Waals surface area contributed by atoms with E-state index in [1.807, 2.05) is 14.1 Å². The summed E-state index contributed by atoms with van der Waals surface area (Å²) in [5.74, 6) is 5.60. The highest BCUT2D eigenvalue weighted by Gasteiger charge is 2.12. The zero-order chi connectivity index (χ0) is 15.0. The van der Waals surface area contributed by atoms with Crippen LogP contribution in [0.3, 0.4) is 0 Å². The lowest BCUT2D eigenvalue weighted by Crippen LogP contribution is -2.29. The predicted octanol–water partition coefficient (Wildman–Crippen LogP) is 0.416. The van der Waals surface area contributed by atoms with Gasteiger partial charge in [0.2, 0.25) is 0 Å². The van der Waals surface area contributed by atoms with Crippen LogP contribution in [0.4, 0.5) is 0 Å². The highest BCUT2D eigenvalue weighted by atomic mass is 16.2. The Morgan fingerprint density at radius 1 is 1.30 bits per heavy atom. The Labute approximate surface area is 120 Å². The molecular formula is C15H22N4O. The number of carbonyl (C=O) groups excluding carboxylic acids is 1. The molecule has 0 aliphatic heterocycles. The van der Waals surface area contributed by atoms with Crippen molar-refractivity contribution in [2.45, 2.75) is 6.42 Å². The van der Waals surface area contributed by atoms with Gasteiger partial charge in [-0.25, -0.2) is 0 Å². The standard InChI is InChI=1S/C15H22N4O/c1-18(2)8-5-9-19(3)15(20)14-10-13(6-4-7-16)11-17-12-14/h10-12H,5,7-9,16H2,1-3H3. The van der Waals surface area contributed by atoms with Crippen molar-refractivity contribution in [3.05, 3.63) is 29.6 Å². The smallest absolute Gasteiger partial charge is 0.255 e. The van der Waals surface area contributed by atoms with Gasteiger partial charge in [0.1, 0.15) is 0 Å². The summed E-state index contributed by atoms with van der Waals surface area (Å²) < 4.78 is 0. The minimum Gasteiger partial charge on any atom is -0.342 e. The van der Waals surface area contributed by atoms with E-state index in [1.54, 1.807) is 30.4 Å². The SMILES string of the molecule is CN(C)CCCN(C)C(=O)c1cncc(C#CCN)c1. The van der Waals surface area contributed by atoms with Gasteiger partial charge in [-0.1, -0.05) is 11.8 Å². The normalized spacial score (nSPS) is 10.1. The van der Waals surface area contributed by atoms with Crippen molar-refractivity contribution in [3.8, 4) is 11.8 Å². The maximum absolute atomic E-state index is 12.2. The number of pyridine rings is 1. The topological polar surface area (TPSA) is 62.5 Å². The van der Waals surface area contributed by atoms with Crippen LogP contribution in [0.5, 0.6) is 0 Å². The molecule has 0 fully saturated rings. The summed E-state index contributed by atoms with van der Waals surface area (Å²) in [6.07, 6.45) is 4.14. The third-order valence-corrected chi connectivity index (χ3v) is 2.77. The van der Waals surface area contributed by atoms with Gasteiger partial charge < -0.3 is 15.5 Å². The zero-order valence-corrected chi connectivity index (χ0v) is 12.4. The average Bonchev–Trinajstić information content (AvgIpc) is 2.44. The van der Waals surface area contributed by atoms with E-state index in [9.17, 15) is 4.79 Å². The quantitative estimate of drug-likeness (QED) is 0.790. The molecule has 1 aromatic rings. The number of nitrogens with two attached hydrogens (primary N) is 1. The third-order valence-electron chi connectivity index (χ3n) is 2.77. The van der Waals surface area contributed by atoms with Gasteiger partial charge in [-0.3, -0.25) is 9.78 Å². The Balaban J connectivity index is 2.66. The van der Waals surface area contributed by atoms with Crippen molar-refractivity contribution in [1.82, 2.24) is 14.8 Å². The first-order valence-corrected chi connectivity index (χ1v) is 6.58. The van der Waals surface area contributed by atoms with E-state index in [2.05, 4.69) is 21.7 Å². The average molecular weight is 274 g/mol. The Hall–Kier alpha value is -1.90. The van der Waals surface area contributed by atoms with Crippen LogP contribution in [0.2, 0.25) is 0 Å². The lowest BCUT2D eigenvalue weighted by molar-refractivity contribution is 0.0790. The van der Waals surface area contributed by atoms with Crippen molar-refractivity contribution in [1.29, 1.82) is 0 Å². The fourth-order valence-electron chi connectivity index (χ4n) is 1.72. The minimum atomic E-state index is -0.0346. The van der Waals surface area contributed by atoms with E-state index in [-0.39, 0.29) is 5.91 Å². The molecule has 5 heteroatoms. The second-order valence-corrected chi connectivity index (χ2v) is 4.85. The van der Waals surface area contributed by atoms with Gasteiger partial charge in [0, 0.05) is 31.5 Å². The monoisotopic (exact) mass is 274 g/mol. The molecule has 1 amide bonds. The molecule has 0 saturated carbocycles. The van der Waals surface area contributed by atoms with Crippen LogP contribution >= 0.6 is 0 Å². The molecule has 0 aromatic carbocycles. The molecule has 2 N–H and O–H groups in total. The van der Waals surface area contributed by atoms with E-state index < -0.39 is 0 Å². The fourth-order valence-corrected chi connectivity index (χ4v) is 1.72. The number of aromatic nitrogens is 1. The van der Waals surface area contributed by atoms with Crippen molar-refractivity contribution in [2.24, 2.45) is 5.73 Å². The summed E-state index contributed by atoms with van der Waals surface area (Å²) in [6, 6.07) is 1.75. The molecule has 0 aliphatic rings. The molecule has 0 saturated heterocycles. The van der Waals surface area contributed by atoms with Gasteiger partial charge in [0.15, 0.2) is 0 Å². The highest BCUT2D eigenvalue weighted by molar-refractivity contribution is 5.94. The highest BCUT2D eigenvalue weighted by Crippen LogP contribution is 2.05. The Morgan fingerprint density at radius 2 is 2.05 bits per heavy atom. The Morgan fingerprint density at radius 3 is 2.70 bits per heavy atom. The van der Waals surface area contributed by atoms with Gasteiger partial charge in [0.05, 0.1) is 12.1 Å². The van der Waals surface area contributed by atoms with Crippen LogP contribution in [0.15, 0.2) is 18.5 Å². The van der Waals surface area contributed by atoms with Gasteiger partial charge in [-0.15, -0.1) is 0 Å². The van der Waals surface area contributed by atoms with E-state index in [0.717, 1.165) is 19.5 Å². The fraction of sp³-hybridized carbons (Fsp3) is 0.467. The molecule has 0 spiro atoms. The van der Waals surface area contributed by atoms with Crippen molar-refractivity contribution < 1.29 is 4.79 Å². The summed E-state index contributed by atoms with van der Waals surface area (Å²) in [6.45, 7) is 1.97. The molecule has 1 aromatic heterocycles. The summed E-state index contributed by atoms with van der Waals surface area (Å²) >= 11 is 0. The van der Waals surface area contributed by atoms with Crippen LogP contribution < -0.4 is 5.73 Å². The molecule has 0 atom stereocenters. The molecule has 0 unspecified atom stereocenters. The summed E-state index contributed by atoms with van der Waals surface area (Å²) in [4.78, 5) is 20.1. The van der Waals surface area contributed by atoms with Gasteiger partial charge in [0.25, 0.3) is 5.91 Å². The lowest BCUT2D eigenvalue weighted by Gasteiger charge is -2.18. The first-order valence-electron chi connectivity index (χ1n) is 6.58. The van der Waals surface area contributed by atoms with Crippen LogP contribution in [0, 0.1) is 11.8 Å². The third kappa shape index (κ3) is 5.39. The molecule has 1 rings (SSSR count). The maximum Gasteiger partial charge on any atom is 0.255 e. The van der Waals surface area contributed by atoms with Crippen molar-refractivity contribution in [2.75, 3.05) is 40.8 Å². The van der Waals surface area contributed by atoms with Crippen LogP contribution in [0.1, 0.15) is 22.3 Å². The largest absolute Gasteiger partial charge is 0.342 e. The molecule has 0 bridgehead atoms. The summed E-state index contributed by atoms with van der Waals surface area (Å²) in [7, 11) is 5.84. The molecule has 5 nitrogen and oxygen atoms in total. The molecular weight excluding hydrogens is 252 g/mol. The van der Waals surface area contributed by atoms with Gasteiger partial charge in [-0.2, -0.15) is 0 Å². The first kappa shape index (κ1) is 16.2. The summed E-state index contributed by atoms with van der Waals surface area (Å²) in [5.41, 5.74) is 6.60. The molecule has 1 heterocycles. The van der Waals surface area contributed by atoms with E-state index in [4.69, 9.17) is 5.73 Å². The minimum absolute atomic E-state index is 0.0346. The van der Waals surface area contributed by atoms with E-state index >= 15 is 0 Å². The van der Waals surface area contributed by atoms with Crippen LogP contribution in [-0.4, -0.2) is 61.5 Å². The number of nitrogens with zero attached hydrogens (tertiary/aromatic N) is 3. The number of amides is 1. The molecule has 108 valence electrons. The lowest BCUT2D eigenvalue weighted by atomic mass is 10.2. The predicted molar refractivity (Wildman–Crippen MR) is 80.3 cm³/mol. The molecule has 0 aliphatic carbocycles. The van der Waals surface area contributed by atoms with Crippen molar-refractivity contribution >= 4 is 5.91 Å². The number of hydrogen-bond donors (Lipinski definition) is 1. The zero-order valence-electron chi connectivity index (χ0n) is 12.4. The van der Waals surface area contributed by atoms with Crippen LogP contribution in [0.25, 0.3) is 0 Å². The summed E-state index contributed by atoms with van der Waals surface area (Å²) in [5, 5.41) is 0. The second kappa shape index (κ2) is 8.31. The Kier molecular flexibility index (Phi) is 6.71. The van der Waals surface area contributed by atoms with Gasteiger partial charge in [-0.05, 0) is 33.1 Å². The number of rotatable bonds is 5. The van der Waals surface area contributed by atoms with Gasteiger partial charge >= 0.3 is 0 Å². The maximum atomic E-state index is 12.2. The van der Waals surface area contributed by atoms with E-state index in [0.29, 0.717) is 17.7 Å². The molecule has 20 heavy (non-hydrogen) atoms. The molecule has 0 radical (unpaired) electrons. The first-order chi connectivity index (χ1) is 9.54. The second-order valence-electron chi connectivity index (χ2n) is 4.85. The van der Waals surface area contributed by atoms with Crippen LogP contribution in [-0.2, 0) is 0 Å².